The highest BCUT2D eigenvalue weighted by Crippen LogP contribution is 2.33. The van der Waals surface area contributed by atoms with Crippen LogP contribution in [0.3, 0.4) is 0 Å². The lowest BCUT2D eigenvalue weighted by atomic mass is 10.0. The van der Waals surface area contributed by atoms with Gasteiger partial charge in [-0.25, -0.2) is 4.99 Å². The Bertz CT molecular complexity index is 1260. The van der Waals surface area contributed by atoms with Crippen molar-refractivity contribution in [2.45, 2.75) is 6.54 Å². The topological polar surface area (TPSA) is 94.8 Å². The zero-order valence-corrected chi connectivity index (χ0v) is 17.2. The molecule has 7 heteroatoms. The number of nitro groups is 1. The van der Waals surface area contributed by atoms with Crippen molar-refractivity contribution in [3.8, 4) is 5.88 Å². The molecular formula is C24H22N4O3. The van der Waals surface area contributed by atoms with Gasteiger partial charge in [0, 0.05) is 35.1 Å². The standard InChI is InChI=1S/C24H22N4O3/c1-27(2)15-16-8-10-18(11-9-16)25-23(17-6-4-3-5-7-17)22-20-14-19(28(30)31)12-13-21(20)26-24(22)29/h3-14,26,29H,15H2,1-2H3. The van der Waals surface area contributed by atoms with Crippen molar-refractivity contribution in [3.05, 3.63) is 99.6 Å². The molecule has 0 fully saturated rings. The number of nitro benzene ring substituents is 1. The number of aromatic amines is 1. The number of rotatable bonds is 6. The van der Waals surface area contributed by atoms with Crippen LogP contribution in [0.1, 0.15) is 16.7 Å². The molecule has 0 amide bonds. The van der Waals surface area contributed by atoms with Crippen molar-refractivity contribution in [2.24, 2.45) is 4.99 Å². The summed E-state index contributed by atoms with van der Waals surface area (Å²) in [5, 5.41) is 22.5. The lowest BCUT2D eigenvalue weighted by Crippen LogP contribution is -2.10. The lowest BCUT2D eigenvalue weighted by Gasteiger charge is -2.10. The van der Waals surface area contributed by atoms with Crippen LogP contribution in [0.15, 0.2) is 77.8 Å². The first kappa shape index (κ1) is 20.3. The fraction of sp³-hybridized carbons (Fsp3) is 0.125. The van der Waals surface area contributed by atoms with Gasteiger partial charge in [0.15, 0.2) is 5.88 Å². The van der Waals surface area contributed by atoms with Gasteiger partial charge in [0.25, 0.3) is 5.69 Å². The second-order valence-corrected chi connectivity index (χ2v) is 7.57. The van der Waals surface area contributed by atoms with Crippen LogP contribution in [-0.2, 0) is 6.54 Å². The fourth-order valence-corrected chi connectivity index (χ4v) is 3.55. The molecule has 0 atom stereocenters. The minimum atomic E-state index is -0.448. The average Bonchev–Trinajstić information content (AvgIpc) is 3.08. The molecule has 3 aromatic carbocycles. The van der Waals surface area contributed by atoms with Crippen LogP contribution < -0.4 is 0 Å². The van der Waals surface area contributed by atoms with E-state index in [0.717, 1.165) is 23.4 Å². The number of aromatic nitrogens is 1. The minimum absolute atomic E-state index is 0.0480. The summed E-state index contributed by atoms with van der Waals surface area (Å²) in [6.45, 7) is 0.822. The van der Waals surface area contributed by atoms with E-state index < -0.39 is 4.92 Å². The smallest absolute Gasteiger partial charge is 0.270 e. The summed E-state index contributed by atoms with van der Waals surface area (Å²) in [4.78, 5) is 20.7. The third kappa shape index (κ3) is 4.31. The van der Waals surface area contributed by atoms with Crippen molar-refractivity contribution in [1.82, 2.24) is 9.88 Å². The molecule has 0 unspecified atom stereocenters. The van der Waals surface area contributed by atoms with Crippen molar-refractivity contribution < 1.29 is 10.0 Å². The number of fused-ring (bicyclic) bond motifs is 1. The number of aliphatic imine (C=N–C) groups is 1. The molecular weight excluding hydrogens is 392 g/mol. The third-order valence-corrected chi connectivity index (χ3v) is 4.93. The van der Waals surface area contributed by atoms with Crippen LogP contribution in [0.5, 0.6) is 5.88 Å². The lowest BCUT2D eigenvalue weighted by molar-refractivity contribution is -0.384. The molecule has 0 spiro atoms. The molecule has 1 heterocycles. The first-order valence-electron chi connectivity index (χ1n) is 9.79. The Balaban J connectivity index is 1.89. The normalized spacial score (nSPS) is 11.9. The molecule has 0 saturated carbocycles. The Morgan fingerprint density at radius 2 is 1.77 bits per heavy atom. The van der Waals surface area contributed by atoms with Crippen molar-refractivity contribution >= 4 is 28.0 Å². The molecule has 0 aliphatic heterocycles. The number of nitrogens with one attached hydrogen (secondary N) is 1. The maximum absolute atomic E-state index is 11.3. The van der Waals surface area contributed by atoms with Crippen molar-refractivity contribution in [3.63, 3.8) is 0 Å². The summed E-state index contributed by atoms with van der Waals surface area (Å²) in [6, 6.07) is 21.8. The quantitative estimate of drug-likeness (QED) is 0.263. The van der Waals surface area contributed by atoms with Crippen molar-refractivity contribution in [1.29, 1.82) is 0 Å². The van der Waals surface area contributed by atoms with Gasteiger partial charge in [-0.05, 0) is 37.9 Å². The van der Waals surface area contributed by atoms with Gasteiger partial charge >= 0.3 is 0 Å². The van der Waals surface area contributed by atoms with E-state index in [1.165, 1.54) is 12.1 Å². The van der Waals surface area contributed by atoms with Crippen LogP contribution in [0.4, 0.5) is 11.4 Å². The third-order valence-electron chi connectivity index (χ3n) is 4.93. The maximum Gasteiger partial charge on any atom is 0.270 e. The van der Waals surface area contributed by atoms with Crippen LogP contribution >= 0.6 is 0 Å². The number of hydrogen-bond acceptors (Lipinski definition) is 5. The average molecular weight is 414 g/mol. The van der Waals surface area contributed by atoms with Gasteiger partial charge in [-0.2, -0.15) is 0 Å². The van der Waals surface area contributed by atoms with Gasteiger partial charge in [-0.3, -0.25) is 10.1 Å². The van der Waals surface area contributed by atoms with E-state index in [4.69, 9.17) is 4.99 Å². The van der Waals surface area contributed by atoms with Gasteiger partial charge in [0.2, 0.25) is 0 Å². The number of aromatic hydroxyl groups is 1. The Hall–Kier alpha value is -3.97. The monoisotopic (exact) mass is 414 g/mol. The Kier molecular flexibility index (Phi) is 5.51. The number of non-ortho nitro benzene ring substituents is 1. The zero-order chi connectivity index (χ0) is 22.0. The van der Waals surface area contributed by atoms with Gasteiger partial charge in [0.1, 0.15) is 0 Å². The van der Waals surface area contributed by atoms with Gasteiger partial charge < -0.3 is 15.0 Å². The van der Waals surface area contributed by atoms with Gasteiger partial charge in [0.05, 0.1) is 21.9 Å². The predicted molar refractivity (Wildman–Crippen MR) is 122 cm³/mol. The van der Waals surface area contributed by atoms with E-state index in [-0.39, 0.29) is 11.6 Å². The maximum atomic E-state index is 11.3. The SMILES string of the molecule is CN(C)Cc1ccc(N=C(c2ccccc2)c2c(O)[nH]c3ccc([N+](=O)[O-])cc23)cc1. The first-order valence-corrected chi connectivity index (χ1v) is 9.79. The number of hydrogen-bond donors (Lipinski definition) is 2. The van der Waals surface area contributed by atoms with Gasteiger partial charge in [-0.1, -0.05) is 42.5 Å². The van der Waals surface area contributed by atoms with Crippen LogP contribution in [0.25, 0.3) is 10.9 Å². The van der Waals surface area contributed by atoms with Crippen LogP contribution in [0, 0.1) is 10.1 Å². The van der Waals surface area contributed by atoms with E-state index in [2.05, 4.69) is 9.88 Å². The Morgan fingerprint density at radius 3 is 2.42 bits per heavy atom. The molecule has 156 valence electrons. The van der Waals surface area contributed by atoms with E-state index in [1.54, 1.807) is 6.07 Å². The largest absolute Gasteiger partial charge is 0.494 e. The van der Waals surface area contributed by atoms with Crippen molar-refractivity contribution in [2.75, 3.05) is 14.1 Å². The highest BCUT2D eigenvalue weighted by atomic mass is 16.6. The molecule has 4 aromatic rings. The molecule has 0 bridgehead atoms. The molecule has 1 aromatic heterocycles. The molecule has 0 aliphatic rings. The minimum Gasteiger partial charge on any atom is -0.494 e. The second kappa shape index (κ2) is 8.41. The molecule has 0 saturated heterocycles. The highest BCUT2D eigenvalue weighted by Gasteiger charge is 2.20. The van der Waals surface area contributed by atoms with Crippen LogP contribution in [-0.4, -0.2) is 39.7 Å². The number of benzene rings is 3. The first-order chi connectivity index (χ1) is 14.9. The zero-order valence-electron chi connectivity index (χ0n) is 17.2. The number of H-pyrrole nitrogens is 1. The Morgan fingerprint density at radius 1 is 1.06 bits per heavy atom. The molecule has 2 N–H and O–H groups in total. The predicted octanol–water partition coefficient (Wildman–Crippen LogP) is 5.01. The van der Waals surface area contributed by atoms with E-state index in [1.807, 2.05) is 68.7 Å². The fourth-order valence-electron chi connectivity index (χ4n) is 3.55. The molecule has 4 rings (SSSR count). The molecule has 0 radical (unpaired) electrons. The van der Waals surface area contributed by atoms with Gasteiger partial charge in [-0.15, -0.1) is 0 Å². The Labute approximate surface area is 179 Å². The summed E-state index contributed by atoms with van der Waals surface area (Å²) < 4.78 is 0. The second-order valence-electron chi connectivity index (χ2n) is 7.57. The molecule has 31 heavy (non-hydrogen) atoms. The van der Waals surface area contributed by atoms with E-state index >= 15 is 0 Å². The summed E-state index contributed by atoms with van der Waals surface area (Å²) >= 11 is 0. The van der Waals surface area contributed by atoms with E-state index in [0.29, 0.717) is 22.2 Å². The molecule has 0 aliphatic carbocycles. The molecule has 7 nitrogen and oxygen atoms in total. The van der Waals surface area contributed by atoms with Crippen LogP contribution in [0.2, 0.25) is 0 Å². The summed E-state index contributed by atoms with van der Waals surface area (Å²) in [5.74, 6) is -0.0812. The summed E-state index contributed by atoms with van der Waals surface area (Å²) in [5.41, 5.74) is 4.20. The van der Waals surface area contributed by atoms with E-state index in [9.17, 15) is 15.2 Å². The summed E-state index contributed by atoms with van der Waals surface area (Å²) in [6.07, 6.45) is 0. The highest BCUT2D eigenvalue weighted by molar-refractivity contribution is 6.22. The summed E-state index contributed by atoms with van der Waals surface area (Å²) in [7, 11) is 4.02. The number of nitrogens with zero attached hydrogens (tertiary/aromatic N) is 3.